The molecule has 0 saturated carbocycles. The van der Waals surface area contributed by atoms with Crippen molar-refractivity contribution in [2.75, 3.05) is 20.3 Å². The topological polar surface area (TPSA) is 112 Å². The highest BCUT2D eigenvalue weighted by atomic mass is 35.5. The predicted molar refractivity (Wildman–Crippen MR) is 118 cm³/mol. The normalized spacial score (nSPS) is 12.5. The quantitative estimate of drug-likeness (QED) is 0.362. The van der Waals surface area contributed by atoms with Crippen LogP contribution in [0.1, 0.15) is 17.4 Å². The van der Waals surface area contributed by atoms with E-state index in [4.69, 9.17) is 9.47 Å². The average molecular weight is 449 g/mol. The smallest absolute Gasteiger partial charge is 0.269 e. The number of aryl methyl sites for hydroxylation is 1. The molecule has 31 heavy (non-hydrogen) atoms. The van der Waals surface area contributed by atoms with Crippen LogP contribution < -0.4 is 14.8 Å². The van der Waals surface area contributed by atoms with Crippen molar-refractivity contribution in [1.29, 1.82) is 0 Å². The van der Waals surface area contributed by atoms with E-state index >= 15 is 0 Å². The van der Waals surface area contributed by atoms with E-state index in [1.54, 1.807) is 13.3 Å². The van der Waals surface area contributed by atoms with Gasteiger partial charge in [0.05, 0.1) is 18.1 Å². The van der Waals surface area contributed by atoms with Crippen molar-refractivity contribution in [3.63, 3.8) is 0 Å². The number of nitrogens with one attached hydrogen (secondary N) is 1. The van der Waals surface area contributed by atoms with Crippen molar-refractivity contribution in [3.8, 4) is 11.5 Å². The number of ether oxygens (including phenoxy) is 2. The number of rotatable bonds is 10. The molecular weight excluding hydrogens is 424 g/mol. The van der Waals surface area contributed by atoms with Gasteiger partial charge in [0.2, 0.25) is 0 Å². The number of hydrogen-bond donors (Lipinski definition) is 2. The minimum atomic E-state index is -0.798. The van der Waals surface area contributed by atoms with Crippen molar-refractivity contribution in [2.24, 2.45) is 7.05 Å². The molecule has 0 radical (unpaired) electrons. The average Bonchev–Trinajstić information content (AvgIpc) is 3.18. The lowest BCUT2D eigenvalue weighted by molar-refractivity contribution is -0.384. The summed E-state index contributed by atoms with van der Waals surface area (Å²) in [5.41, 5.74) is 0.938. The Hall–Kier alpha value is -3.14. The summed E-state index contributed by atoms with van der Waals surface area (Å²) in [5, 5.41) is 24.4. The van der Waals surface area contributed by atoms with Crippen LogP contribution in [0.25, 0.3) is 0 Å². The molecule has 0 aliphatic carbocycles. The van der Waals surface area contributed by atoms with E-state index in [9.17, 15) is 15.2 Å². The second kappa shape index (κ2) is 11.3. The van der Waals surface area contributed by atoms with E-state index in [-0.39, 0.29) is 37.3 Å². The summed E-state index contributed by atoms with van der Waals surface area (Å²) in [6.07, 6.45) is 2.78. The fourth-order valence-corrected chi connectivity index (χ4v) is 3.00. The standard InChI is InChI=1S/C21H24N4O5.ClH/c1-24-11-10-22-21(24)20(15-4-3-5-19(12-15)29-2)23-13-17(26)14-30-18-8-6-16(7-9-18)25(27)28;/h3-12,17,20,23,26H,13-14H2,1-2H3;1H. The maximum Gasteiger partial charge on any atom is 0.269 e. The molecule has 2 N–H and O–H groups in total. The Labute approximate surface area is 186 Å². The predicted octanol–water partition coefficient (Wildman–Crippen LogP) is 2.88. The van der Waals surface area contributed by atoms with Crippen LogP contribution in [0.3, 0.4) is 0 Å². The number of aromatic nitrogens is 2. The maximum absolute atomic E-state index is 10.7. The van der Waals surface area contributed by atoms with Crippen molar-refractivity contribution in [1.82, 2.24) is 14.9 Å². The Bertz CT molecular complexity index is 980. The number of aliphatic hydroxyl groups excluding tert-OH is 1. The molecule has 0 fully saturated rings. The van der Waals surface area contributed by atoms with Gasteiger partial charge in [-0.2, -0.15) is 0 Å². The maximum atomic E-state index is 10.7. The van der Waals surface area contributed by atoms with Crippen LogP contribution in [0.15, 0.2) is 60.9 Å². The summed E-state index contributed by atoms with van der Waals surface area (Å²) in [6.45, 7) is 0.290. The van der Waals surface area contributed by atoms with Gasteiger partial charge in [-0.1, -0.05) is 12.1 Å². The summed E-state index contributed by atoms with van der Waals surface area (Å²) in [5.74, 6) is 1.98. The Morgan fingerprint density at radius 1 is 1.23 bits per heavy atom. The van der Waals surface area contributed by atoms with Gasteiger partial charge in [0, 0.05) is 38.1 Å². The van der Waals surface area contributed by atoms with Crippen molar-refractivity contribution in [3.05, 3.63) is 82.4 Å². The lowest BCUT2D eigenvalue weighted by Crippen LogP contribution is -2.35. The molecule has 2 atom stereocenters. The number of halogens is 1. The Morgan fingerprint density at radius 2 is 1.97 bits per heavy atom. The van der Waals surface area contributed by atoms with Gasteiger partial charge in [-0.25, -0.2) is 4.98 Å². The van der Waals surface area contributed by atoms with Gasteiger partial charge in [-0.15, -0.1) is 12.4 Å². The Morgan fingerprint density at radius 3 is 2.58 bits per heavy atom. The third-order valence-corrected chi connectivity index (χ3v) is 4.59. The van der Waals surface area contributed by atoms with Crippen LogP contribution in [0, 0.1) is 10.1 Å². The van der Waals surface area contributed by atoms with Gasteiger partial charge in [-0.05, 0) is 29.8 Å². The summed E-state index contributed by atoms with van der Waals surface area (Å²) >= 11 is 0. The number of imidazole rings is 1. The molecule has 3 rings (SSSR count). The first-order valence-electron chi connectivity index (χ1n) is 9.38. The van der Waals surface area contributed by atoms with Crippen LogP contribution >= 0.6 is 12.4 Å². The van der Waals surface area contributed by atoms with E-state index in [2.05, 4.69) is 10.3 Å². The fourth-order valence-electron chi connectivity index (χ4n) is 3.00. The highest BCUT2D eigenvalue weighted by Gasteiger charge is 2.20. The number of aliphatic hydroxyl groups is 1. The molecule has 0 saturated heterocycles. The Balaban J connectivity index is 0.00000341. The van der Waals surface area contributed by atoms with Crippen LogP contribution in [0.5, 0.6) is 11.5 Å². The lowest BCUT2D eigenvalue weighted by atomic mass is 10.1. The van der Waals surface area contributed by atoms with Crippen molar-refractivity contribution in [2.45, 2.75) is 12.1 Å². The second-order valence-corrected chi connectivity index (χ2v) is 6.73. The summed E-state index contributed by atoms with van der Waals surface area (Å²) in [6, 6.07) is 13.1. The molecule has 0 aliphatic heterocycles. The third kappa shape index (κ3) is 6.42. The van der Waals surface area contributed by atoms with Gasteiger partial charge in [0.15, 0.2) is 0 Å². The fraction of sp³-hybridized carbons (Fsp3) is 0.286. The van der Waals surface area contributed by atoms with E-state index in [0.717, 1.165) is 17.1 Å². The number of methoxy groups -OCH3 is 1. The van der Waals surface area contributed by atoms with Crippen LogP contribution in [0.4, 0.5) is 5.69 Å². The molecule has 0 spiro atoms. The van der Waals surface area contributed by atoms with Gasteiger partial charge >= 0.3 is 0 Å². The molecule has 9 nitrogen and oxygen atoms in total. The van der Waals surface area contributed by atoms with Crippen LogP contribution in [-0.2, 0) is 7.05 Å². The molecule has 0 bridgehead atoms. The van der Waals surface area contributed by atoms with Crippen LogP contribution in [-0.4, -0.2) is 45.9 Å². The highest BCUT2D eigenvalue weighted by molar-refractivity contribution is 5.85. The molecule has 3 aromatic rings. The van der Waals surface area contributed by atoms with Gasteiger partial charge in [0.25, 0.3) is 5.69 Å². The SMILES string of the molecule is COc1cccc(C(NCC(O)COc2ccc([N+](=O)[O-])cc2)c2nccn2C)c1.Cl. The zero-order chi connectivity index (χ0) is 21.5. The number of nitro benzene ring substituents is 1. The monoisotopic (exact) mass is 448 g/mol. The number of nitro groups is 1. The number of non-ortho nitro benzene ring substituents is 1. The number of benzene rings is 2. The summed E-state index contributed by atoms with van der Waals surface area (Å²) < 4.78 is 12.8. The number of hydrogen-bond acceptors (Lipinski definition) is 7. The van der Waals surface area contributed by atoms with E-state index < -0.39 is 11.0 Å². The second-order valence-electron chi connectivity index (χ2n) is 6.73. The molecule has 0 aliphatic rings. The molecule has 2 unspecified atom stereocenters. The first-order valence-corrected chi connectivity index (χ1v) is 9.38. The minimum absolute atomic E-state index is 0. The van der Waals surface area contributed by atoms with Gasteiger partial charge in [0.1, 0.15) is 30.0 Å². The van der Waals surface area contributed by atoms with Crippen molar-refractivity contribution >= 4 is 18.1 Å². The minimum Gasteiger partial charge on any atom is -0.497 e. The Kier molecular flexibility index (Phi) is 8.80. The molecule has 0 amide bonds. The number of nitrogens with zero attached hydrogens (tertiary/aromatic N) is 3. The lowest BCUT2D eigenvalue weighted by Gasteiger charge is -2.22. The largest absolute Gasteiger partial charge is 0.497 e. The molecule has 1 heterocycles. The first kappa shape index (κ1) is 24.1. The van der Waals surface area contributed by atoms with E-state index in [1.807, 2.05) is 42.1 Å². The van der Waals surface area contributed by atoms with Gasteiger partial charge in [-0.3, -0.25) is 10.1 Å². The van der Waals surface area contributed by atoms with Crippen molar-refractivity contribution < 1.29 is 19.5 Å². The summed E-state index contributed by atoms with van der Waals surface area (Å²) in [4.78, 5) is 14.7. The van der Waals surface area contributed by atoms with E-state index in [1.165, 1.54) is 24.3 Å². The summed E-state index contributed by atoms with van der Waals surface area (Å²) in [7, 11) is 3.52. The molecule has 2 aromatic carbocycles. The van der Waals surface area contributed by atoms with E-state index in [0.29, 0.717) is 5.75 Å². The third-order valence-electron chi connectivity index (χ3n) is 4.59. The first-order chi connectivity index (χ1) is 14.5. The molecule has 10 heteroatoms. The zero-order valence-corrected chi connectivity index (χ0v) is 18.0. The van der Waals surface area contributed by atoms with Gasteiger partial charge < -0.3 is 24.5 Å². The molecule has 166 valence electrons. The molecule has 1 aromatic heterocycles. The molecular formula is C21H25ClN4O5. The zero-order valence-electron chi connectivity index (χ0n) is 17.2. The highest BCUT2D eigenvalue weighted by Crippen LogP contribution is 2.24. The van der Waals surface area contributed by atoms with Crippen LogP contribution in [0.2, 0.25) is 0 Å².